The van der Waals surface area contributed by atoms with Crippen LogP contribution in [0.4, 0.5) is 13.2 Å². The first-order valence-corrected chi connectivity index (χ1v) is 12.8. The fourth-order valence-electron chi connectivity index (χ4n) is 4.83. The first kappa shape index (κ1) is 28.7. The fraction of sp³-hybridized carbons (Fsp3) is 0.290. The van der Waals surface area contributed by atoms with Gasteiger partial charge >= 0.3 is 6.18 Å². The molecular weight excluding hydrogens is 523 g/mol. The van der Waals surface area contributed by atoms with Crippen LogP contribution >= 0.6 is 0 Å². The quantitative estimate of drug-likeness (QED) is 0.187. The van der Waals surface area contributed by atoms with E-state index in [2.05, 4.69) is 0 Å². The zero-order chi connectivity index (χ0) is 29.2. The van der Waals surface area contributed by atoms with E-state index in [9.17, 15) is 27.9 Å². The van der Waals surface area contributed by atoms with Crippen molar-refractivity contribution >= 4 is 17.4 Å². The number of aliphatic hydroxyl groups excluding tert-OH is 1. The van der Waals surface area contributed by atoms with Crippen molar-refractivity contribution < 1.29 is 37.3 Å². The second kappa shape index (κ2) is 11.5. The van der Waals surface area contributed by atoms with Crippen molar-refractivity contribution in [2.24, 2.45) is 0 Å². The molecule has 0 bridgehead atoms. The lowest BCUT2D eigenvalue weighted by atomic mass is 9.93. The Labute approximate surface area is 230 Å². The van der Waals surface area contributed by atoms with Crippen molar-refractivity contribution in [2.45, 2.75) is 45.5 Å². The smallest absolute Gasteiger partial charge is 0.416 e. The molecule has 1 saturated heterocycles. The molecule has 1 amide bonds. The van der Waals surface area contributed by atoms with Crippen LogP contribution < -0.4 is 9.47 Å². The molecule has 4 rings (SSSR count). The Morgan fingerprint density at radius 1 is 1.02 bits per heavy atom. The number of carbonyl (C=O) groups is 2. The SMILES string of the molecule is CCOc1ccc(/C(O)=C2/C(=O)C(=O)N(Cc3cccc(C(F)(F)F)c3)C2c2cccc(OC)c2)cc1C(C)C. The molecule has 9 heteroatoms. The molecule has 1 N–H and O–H groups in total. The number of aliphatic hydroxyl groups is 1. The number of Topliss-reactive ketones (excluding diaryl/α,β-unsaturated/α-hetero) is 1. The Morgan fingerprint density at radius 3 is 2.40 bits per heavy atom. The number of rotatable bonds is 8. The molecule has 3 aromatic rings. The molecule has 6 nitrogen and oxygen atoms in total. The number of ether oxygens (including phenoxy) is 2. The summed E-state index contributed by atoms with van der Waals surface area (Å²) in [5.74, 6) is -1.12. The van der Waals surface area contributed by atoms with Crippen LogP contribution in [0.2, 0.25) is 0 Å². The maximum absolute atomic E-state index is 13.4. The van der Waals surface area contributed by atoms with Crippen molar-refractivity contribution in [1.29, 1.82) is 0 Å². The molecular formula is C31H30F3NO5. The summed E-state index contributed by atoms with van der Waals surface area (Å²) in [7, 11) is 1.46. The maximum Gasteiger partial charge on any atom is 0.416 e. The van der Waals surface area contributed by atoms with Gasteiger partial charge in [-0.3, -0.25) is 9.59 Å². The lowest BCUT2D eigenvalue weighted by Crippen LogP contribution is -2.29. The van der Waals surface area contributed by atoms with Gasteiger partial charge in [-0.1, -0.05) is 38.1 Å². The fourth-order valence-corrected chi connectivity index (χ4v) is 4.83. The van der Waals surface area contributed by atoms with E-state index < -0.39 is 29.5 Å². The number of carbonyl (C=O) groups excluding carboxylic acids is 2. The van der Waals surface area contributed by atoms with Crippen LogP contribution in [-0.4, -0.2) is 35.4 Å². The van der Waals surface area contributed by atoms with Crippen molar-refractivity contribution in [1.82, 2.24) is 4.90 Å². The molecule has 0 spiro atoms. The molecule has 0 radical (unpaired) electrons. The summed E-state index contributed by atoms with van der Waals surface area (Å²) in [6.07, 6.45) is -4.57. The van der Waals surface area contributed by atoms with Crippen molar-refractivity contribution in [3.8, 4) is 11.5 Å². The van der Waals surface area contributed by atoms with E-state index in [1.807, 2.05) is 20.8 Å². The van der Waals surface area contributed by atoms with Gasteiger partial charge in [0.05, 0.1) is 30.9 Å². The van der Waals surface area contributed by atoms with E-state index in [1.165, 1.54) is 24.1 Å². The first-order chi connectivity index (χ1) is 19.0. The molecule has 1 fully saturated rings. The predicted octanol–water partition coefficient (Wildman–Crippen LogP) is 6.86. The van der Waals surface area contributed by atoms with E-state index in [0.717, 1.165) is 17.7 Å². The van der Waals surface area contributed by atoms with Gasteiger partial charge in [0.25, 0.3) is 11.7 Å². The summed E-state index contributed by atoms with van der Waals surface area (Å²) < 4.78 is 51.1. The van der Waals surface area contributed by atoms with Crippen molar-refractivity contribution in [2.75, 3.05) is 13.7 Å². The van der Waals surface area contributed by atoms with Gasteiger partial charge in [-0.2, -0.15) is 13.2 Å². The molecule has 40 heavy (non-hydrogen) atoms. The number of methoxy groups -OCH3 is 1. The summed E-state index contributed by atoms with van der Waals surface area (Å²) in [5, 5.41) is 11.5. The summed E-state index contributed by atoms with van der Waals surface area (Å²) in [4.78, 5) is 28.0. The summed E-state index contributed by atoms with van der Waals surface area (Å²) in [5.41, 5.74) is 0.744. The van der Waals surface area contributed by atoms with E-state index in [1.54, 1.807) is 42.5 Å². The minimum absolute atomic E-state index is 0.0341. The van der Waals surface area contributed by atoms with Gasteiger partial charge in [0.15, 0.2) is 0 Å². The van der Waals surface area contributed by atoms with E-state index >= 15 is 0 Å². The molecule has 3 aromatic carbocycles. The molecule has 1 aliphatic heterocycles. The van der Waals surface area contributed by atoms with Crippen LogP contribution in [0.25, 0.3) is 5.76 Å². The van der Waals surface area contributed by atoms with Gasteiger partial charge < -0.3 is 19.5 Å². The van der Waals surface area contributed by atoms with Crippen LogP contribution in [0.5, 0.6) is 11.5 Å². The summed E-state index contributed by atoms with van der Waals surface area (Å²) in [6, 6.07) is 15.2. The zero-order valence-corrected chi connectivity index (χ0v) is 22.6. The standard InChI is InChI=1S/C31H30F3NO5/c1-5-40-25-13-12-21(16-24(25)18(2)3)28(36)26-27(20-9-7-11-23(15-20)39-4)35(30(38)29(26)37)17-19-8-6-10-22(14-19)31(32,33)34/h6-16,18,27,36H,5,17H2,1-4H3/b28-26-. The highest BCUT2D eigenvalue weighted by Crippen LogP contribution is 2.42. The molecule has 1 aliphatic rings. The largest absolute Gasteiger partial charge is 0.507 e. The highest BCUT2D eigenvalue weighted by Gasteiger charge is 2.46. The number of hydrogen-bond acceptors (Lipinski definition) is 5. The number of halogens is 3. The van der Waals surface area contributed by atoms with Crippen LogP contribution in [0.15, 0.2) is 72.3 Å². The summed E-state index contributed by atoms with van der Waals surface area (Å²) >= 11 is 0. The molecule has 210 valence electrons. The third kappa shape index (κ3) is 5.68. The molecule has 0 aromatic heterocycles. The number of hydrogen-bond donors (Lipinski definition) is 1. The Kier molecular flexibility index (Phi) is 8.23. The Bertz CT molecular complexity index is 1460. The van der Waals surface area contributed by atoms with E-state index in [-0.39, 0.29) is 29.4 Å². The van der Waals surface area contributed by atoms with Crippen molar-refractivity contribution in [3.05, 3.63) is 100 Å². The van der Waals surface area contributed by atoms with Crippen LogP contribution in [0, 0.1) is 0 Å². The summed E-state index contributed by atoms with van der Waals surface area (Å²) in [6.45, 7) is 5.95. The number of benzene rings is 3. The minimum atomic E-state index is -4.57. The number of amides is 1. The first-order valence-electron chi connectivity index (χ1n) is 12.8. The van der Waals surface area contributed by atoms with E-state index in [4.69, 9.17) is 9.47 Å². The lowest BCUT2D eigenvalue weighted by Gasteiger charge is -2.26. The normalized spacial score (nSPS) is 17.0. The average Bonchev–Trinajstić information content (AvgIpc) is 3.17. The average molecular weight is 554 g/mol. The van der Waals surface area contributed by atoms with Gasteiger partial charge in [0.1, 0.15) is 17.3 Å². The van der Waals surface area contributed by atoms with Gasteiger partial charge in [-0.05, 0) is 72.0 Å². The van der Waals surface area contributed by atoms with Gasteiger partial charge in [-0.25, -0.2) is 0 Å². The van der Waals surface area contributed by atoms with Gasteiger partial charge in [0, 0.05) is 12.1 Å². The highest BCUT2D eigenvalue weighted by atomic mass is 19.4. The second-order valence-electron chi connectivity index (χ2n) is 9.74. The molecule has 1 atom stereocenters. The van der Waals surface area contributed by atoms with Crippen LogP contribution in [0.1, 0.15) is 60.5 Å². The minimum Gasteiger partial charge on any atom is -0.507 e. The maximum atomic E-state index is 13.4. The number of likely N-dealkylation sites (tertiary alicyclic amines) is 1. The highest BCUT2D eigenvalue weighted by molar-refractivity contribution is 6.46. The Morgan fingerprint density at radius 2 is 1.75 bits per heavy atom. The van der Waals surface area contributed by atoms with Gasteiger partial charge in [0.2, 0.25) is 0 Å². The topological polar surface area (TPSA) is 76.1 Å². The number of alkyl halides is 3. The Hall–Kier alpha value is -4.27. The third-order valence-corrected chi connectivity index (χ3v) is 6.76. The lowest BCUT2D eigenvalue weighted by molar-refractivity contribution is -0.140. The molecule has 0 saturated carbocycles. The van der Waals surface area contributed by atoms with Crippen LogP contribution in [-0.2, 0) is 22.3 Å². The second-order valence-corrected chi connectivity index (χ2v) is 9.74. The molecule has 1 heterocycles. The van der Waals surface area contributed by atoms with Crippen molar-refractivity contribution in [3.63, 3.8) is 0 Å². The number of ketones is 1. The van der Waals surface area contributed by atoms with Crippen LogP contribution in [0.3, 0.4) is 0 Å². The monoisotopic (exact) mass is 553 g/mol. The molecule has 0 aliphatic carbocycles. The third-order valence-electron chi connectivity index (χ3n) is 6.76. The van der Waals surface area contributed by atoms with Gasteiger partial charge in [-0.15, -0.1) is 0 Å². The zero-order valence-electron chi connectivity index (χ0n) is 22.6. The number of nitrogens with zero attached hydrogens (tertiary/aromatic N) is 1. The Balaban J connectivity index is 1.87. The molecule has 1 unspecified atom stereocenters. The van der Waals surface area contributed by atoms with E-state index in [0.29, 0.717) is 29.2 Å². The predicted molar refractivity (Wildman–Crippen MR) is 144 cm³/mol.